The molecule has 20 heavy (non-hydrogen) atoms. The van der Waals surface area contributed by atoms with Crippen molar-refractivity contribution in [2.45, 2.75) is 6.92 Å². The van der Waals surface area contributed by atoms with E-state index in [1.807, 2.05) is 0 Å². The fourth-order valence-electron chi connectivity index (χ4n) is 1.67. The number of halogens is 3. The molecule has 0 unspecified atom stereocenters. The number of hydrogen-bond acceptors (Lipinski definition) is 2. The zero-order chi connectivity index (χ0) is 14.9. The van der Waals surface area contributed by atoms with E-state index in [4.69, 9.17) is 28.9 Å². The van der Waals surface area contributed by atoms with Gasteiger partial charge in [-0.25, -0.2) is 4.39 Å². The molecule has 0 atom stereocenters. The fraction of sp³-hybridized carbons (Fsp3) is 0.0714. The highest BCUT2D eigenvalue weighted by Crippen LogP contribution is 2.33. The summed E-state index contributed by atoms with van der Waals surface area (Å²) in [6.45, 7) is 1.78. The van der Waals surface area contributed by atoms with Crippen LogP contribution < -0.4 is 11.1 Å². The third-order valence-electron chi connectivity index (χ3n) is 2.76. The first kappa shape index (κ1) is 14.6. The molecule has 1 amide bonds. The van der Waals surface area contributed by atoms with E-state index in [2.05, 4.69) is 5.32 Å². The van der Waals surface area contributed by atoms with Crippen LogP contribution in [0, 0.1) is 12.7 Å². The molecule has 0 spiro atoms. The minimum Gasteiger partial charge on any atom is -0.399 e. The molecule has 2 rings (SSSR count). The molecule has 6 heteroatoms. The van der Waals surface area contributed by atoms with Crippen LogP contribution in [0.25, 0.3) is 0 Å². The molecule has 0 aliphatic heterocycles. The average molecular weight is 313 g/mol. The second kappa shape index (κ2) is 5.69. The molecule has 0 saturated carbocycles. The highest BCUT2D eigenvalue weighted by atomic mass is 35.5. The summed E-state index contributed by atoms with van der Waals surface area (Å²) in [6.07, 6.45) is 0. The maximum Gasteiger partial charge on any atom is 0.258 e. The Morgan fingerprint density at radius 3 is 2.60 bits per heavy atom. The number of nitrogens with two attached hydrogens (primary N) is 1. The van der Waals surface area contributed by atoms with Crippen molar-refractivity contribution < 1.29 is 9.18 Å². The molecular formula is C14H11Cl2FN2O. The Hall–Kier alpha value is -1.78. The Balaban J connectivity index is 2.35. The van der Waals surface area contributed by atoms with Crippen molar-refractivity contribution in [3.8, 4) is 0 Å². The smallest absolute Gasteiger partial charge is 0.258 e. The number of carbonyl (C=O) groups excluding carboxylic acids is 1. The molecule has 0 heterocycles. The van der Waals surface area contributed by atoms with Crippen molar-refractivity contribution in [3.63, 3.8) is 0 Å². The molecule has 2 aromatic rings. The summed E-state index contributed by atoms with van der Waals surface area (Å²) in [5, 5.41) is 3.12. The van der Waals surface area contributed by atoms with Crippen LogP contribution in [0.5, 0.6) is 0 Å². The molecule has 3 N–H and O–H groups in total. The quantitative estimate of drug-likeness (QED) is 0.813. The molecular weight excluding hydrogens is 302 g/mol. The van der Waals surface area contributed by atoms with Gasteiger partial charge in [0, 0.05) is 5.69 Å². The predicted octanol–water partition coefficient (Wildman–Crippen LogP) is 4.28. The van der Waals surface area contributed by atoms with E-state index in [1.165, 1.54) is 12.1 Å². The van der Waals surface area contributed by atoms with Crippen molar-refractivity contribution in [3.05, 3.63) is 57.3 Å². The molecule has 0 aliphatic rings. The number of anilines is 2. The third-order valence-corrected chi connectivity index (χ3v) is 3.56. The van der Waals surface area contributed by atoms with E-state index in [0.717, 1.165) is 11.6 Å². The standard InChI is InChI=1S/C14H11Cl2FN2O/c1-7-2-5-10(15)13(12(7)16)19-14(20)9-4-3-8(18)6-11(9)17/h2-6H,18H2,1H3,(H,19,20). The summed E-state index contributed by atoms with van der Waals surface area (Å²) in [5.74, 6) is -1.35. The van der Waals surface area contributed by atoms with E-state index < -0.39 is 11.7 Å². The maximum absolute atomic E-state index is 13.7. The number of benzene rings is 2. The fourth-order valence-corrected chi connectivity index (χ4v) is 2.13. The van der Waals surface area contributed by atoms with Gasteiger partial charge in [0.15, 0.2) is 0 Å². The summed E-state index contributed by atoms with van der Waals surface area (Å²) in [5.41, 5.74) is 6.56. The maximum atomic E-state index is 13.7. The zero-order valence-electron chi connectivity index (χ0n) is 10.5. The number of nitrogens with one attached hydrogen (secondary N) is 1. The molecule has 0 saturated heterocycles. The lowest BCUT2D eigenvalue weighted by molar-refractivity contribution is 0.102. The first-order valence-corrected chi connectivity index (χ1v) is 6.46. The second-order valence-electron chi connectivity index (χ2n) is 4.25. The van der Waals surface area contributed by atoms with Crippen molar-refractivity contribution in [2.24, 2.45) is 0 Å². The lowest BCUT2D eigenvalue weighted by Gasteiger charge is -2.11. The van der Waals surface area contributed by atoms with E-state index in [9.17, 15) is 9.18 Å². The lowest BCUT2D eigenvalue weighted by atomic mass is 10.1. The van der Waals surface area contributed by atoms with Crippen LogP contribution in [0.15, 0.2) is 30.3 Å². The van der Waals surface area contributed by atoms with Gasteiger partial charge in [0.1, 0.15) is 5.82 Å². The van der Waals surface area contributed by atoms with E-state index >= 15 is 0 Å². The third kappa shape index (κ3) is 2.86. The zero-order valence-corrected chi connectivity index (χ0v) is 12.0. The topological polar surface area (TPSA) is 55.1 Å². The largest absolute Gasteiger partial charge is 0.399 e. The van der Waals surface area contributed by atoms with Gasteiger partial charge in [0.05, 0.1) is 21.3 Å². The first-order chi connectivity index (χ1) is 9.40. The number of amides is 1. The Bertz CT molecular complexity index is 689. The summed E-state index contributed by atoms with van der Waals surface area (Å²) >= 11 is 12.1. The first-order valence-electron chi connectivity index (χ1n) is 5.71. The Morgan fingerprint density at radius 1 is 1.25 bits per heavy atom. The lowest BCUT2D eigenvalue weighted by Crippen LogP contribution is -2.14. The van der Waals surface area contributed by atoms with Crippen LogP contribution in [0.2, 0.25) is 10.0 Å². The van der Waals surface area contributed by atoms with E-state index in [0.29, 0.717) is 5.02 Å². The molecule has 3 nitrogen and oxygen atoms in total. The van der Waals surface area contributed by atoms with Crippen molar-refractivity contribution in [1.29, 1.82) is 0 Å². The van der Waals surface area contributed by atoms with Gasteiger partial charge in [-0.2, -0.15) is 0 Å². The summed E-state index contributed by atoms with van der Waals surface area (Å²) < 4.78 is 13.7. The van der Waals surface area contributed by atoms with Gasteiger partial charge in [-0.15, -0.1) is 0 Å². The van der Waals surface area contributed by atoms with Gasteiger partial charge in [0.2, 0.25) is 0 Å². The van der Waals surface area contributed by atoms with Crippen molar-refractivity contribution >= 4 is 40.5 Å². The minimum absolute atomic E-state index is 0.132. The second-order valence-corrected chi connectivity index (χ2v) is 5.03. The van der Waals surface area contributed by atoms with Crippen LogP contribution in [0.3, 0.4) is 0 Å². The Morgan fingerprint density at radius 2 is 1.95 bits per heavy atom. The summed E-state index contributed by atoms with van der Waals surface area (Å²) in [6, 6.07) is 7.16. The van der Waals surface area contributed by atoms with E-state index in [-0.39, 0.29) is 22.0 Å². The number of aryl methyl sites for hydroxylation is 1. The van der Waals surface area contributed by atoms with Crippen LogP contribution in [0.4, 0.5) is 15.8 Å². The van der Waals surface area contributed by atoms with Gasteiger partial charge in [0.25, 0.3) is 5.91 Å². The van der Waals surface area contributed by atoms with Gasteiger partial charge in [-0.3, -0.25) is 4.79 Å². The van der Waals surface area contributed by atoms with Crippen molar-refractivity contribution in [2.75, 3.05) is 11.1 Å². The number of rotatable bonds is 2. The highest BCUT2D eigenvalue weighted by molar-refractivity contribution is 6.40. The Kier molecular flexibility index (Phi) is 4.16. The molecule has 0 aliphatic carbocycles. The van der Waals surface area contributed by atoms with Gasteiger partial charge >= 0.3 is 0 Å². The van der Waals surface area contributed by atoms with Gasteiger partial charge in [-0.05, 0) is 36.8 Å². The monoisotopic (exact) mass is 312 g/mol. The normalized spacial score (nSPS) is 10.4. The van der Waals surface area contributed by atoms with E-state index in [1.54, 1.807) is 19.1 Å². The van der Waals surface area contributed by atoms with Crippen LogP contribution in [-0.4, -0.2) is 5.91 Å². The molecule has 0 bridgehead atoms. The highest BCUT2D eigenvalue weighted by Gasteiger charge is 2.16. The van der Waals surface area contributed by atoms with Crippen LogP contribution in [-0.2, 0) is 0 Å². The number of nitrogen functional groups attached to an aromatic ring is 1. The van der Waals surface area contributed by atoms with Crippen molar-refractivity contribution in [1.82, 2.24) is 0 Å². The van der Waals surface area contributed by atoms with Crippen LogP contribution in [0.1, 0.15) is 15.9 Å². The van der Waals surface area contributed by atoms with Gasteiger partial charge < -0.3 is 11.1 Å². The summed E-state index contributed by atoms with van der Waals surface area (Å²) in [4.78, 5) is 12.1. The molecule has 2 aromatic carbocycles. The molecule has 104 valence electrons. The number of hydrogen-bond donors (Lipinski definition) is 2. The predicted molar refractivity (Wildman–Crippen MR) is 80.0 cm³/mol. The van der Waals surface area contributed by atoms with Gasteiger partial charge in [-0.1, -0.05) is 29.3 Å². The molecule has 0 fully saturated rings. The molecule has 0 radical (unpaired) electrons. The van der Waals surface area contributed by atoms with Crippen LogP contribution >= 0.6 is 23.2 Å². The number of carbonyl (C=O) groups is 1. The Labute approximate surface area is 125 Å². The average Bonchev–Trinajstić information content (AvgIpc) is 2.39. The molecule has 0 aromatic heterocycles. The minimum atomic E-state index is -0.706. The summed E-state index contributed by atoms with van der Waals surface area (Å²) in [7, 11) is 0. The SMILES string of the molecule is Cc1ccc(Cl)c(NC(=O)c2ccc(N)cc2F)c1Cl.